The molecule has 1 aromatic rings. The number of piperidine rings is 1. The van der Waals surface area contributed by atoms with Crippen molar-refractivity contribution in [1.29, 1.82) is 0 Å². The van der Waals surface area contributed by atoms with Gasteiger partial charge in [0.1, 0.15) is 5.82 Å². The van der Waals surface area contributed by atoms with Gasteiger partial charge in [-0.25, -0.2) is 9.97 Å². The largest absolute Gasteiger partial charge is 0.303 e. The third-order valence-electron chi connectivity index (χ3n) is 4.01. The van der Waals surface area contributed by atoms with Crippen LogP contribution in [0, 0.1) is 11.8 Å². The van der Waals surface area contributed by atoms with Gasteiger partial charge in [0.15, 0.2) is 0 Å². The molecular formula is C14H21N3. The molecule has 2 fully saturated rings. The van der Waals surface area contributed by atoms with Gasteiger partial charge in [-0.1, -0.05) is 0 Å². The van der Waals surface area contributed by atoms with E-state index >= 15 is 0 Å². The molecule has 0 bridgehead atoms. The lowest BCUT2D eigenvalue weighted by atomic mass is 9.93. The van der Waals surface area contributed by atoms with Crippen molar-refractivity contribution in [2.24, 2.45) is 11.8 Å². The number of hydrogen-bond acceptors (Lipinski definition) is 3. The van der Waals surface area contributed by atoms with Gasteiger partial charge >= 0.3 is 0 Å². The molecule has 92 valence electrons. The summed E-state index contributed by atoms with van der Waals surface area (Å²) in [5.74, 6) is 2.85. The van der Waals surface area contributed by atoms with Crippen LogP contribution in [-0.2, 0) is 6.42 Å². The molecule has 2 heterocycles. The van der Waals surface area contributed by atoms with Crippen LogP contribution < -0.4 is 0 Å². The Kier molecular flexibility index (Phi) is 3.36. The summed E-state index contributed by atoms with van der Waals surface area (Å²) in [5.41, 5.74) is 0. The lowest BCUT2D eigenvalue weighted by Gasteiger charge is -2.31. The number of nitrogens with zero attached hydrogens (tertiary/aromatic N) is 3. The predicted octanol–water partition coefficient (Wildman–Crippen LogP) is 2.14. The molecule has 1 aromatic heterocycles. The molecule has 0 unspecified atom stereocenters. The zero-order valence-corrected chi connectivity index (χ0v) is 10.4. The molecule has 0 spiro atoms. The van der Waals surface area contributed by atoms with Gasteiger partial charge in [-0.3, -0.25) is 0 Å². The molecule has 0 radical (unpaired) electrons. The van der Waals surface area contributed by atoms with Crippen molar-refractivity contribution in [1.82, 2.24) is 14.9 Å². The maximum Gasteiger partial charge on any atom is 0.128 e. The second-order valence-corrected chi connectivity index (χ2v) is 5.56. The Balaban J connectivity index is 1.44. The summed E-state index contributed by atoms with van der Waals surface area (Å²) < 4.78 is 0. The molecule has 0 aromatic carbocycles. The topological polar surface area (TPSA) is 29.0 Å². The minimum atomic E-state index is 0.799. The Morgan fingerprint density at radius 3 is 2.35 bits per heavy atom. The Labute approximate surface area is 103 Å². The van der Waals surface area contributed by atoms with Gasteiger partial charge in [-0.2, -0.15) is 0 Å². The zero-order valence-electron chi connectivity index (χ0n) is 10.4. The summed E-state index contributed by atoms with van der Waals surface area (Å²) in [6.07, 6.45) is 10.4. The van der Waals surface area contributed by atoms with Crippen LogP contribution >= 0.6 is 0 Å². The van der Waals surface area contributed by atoms with Crippen LogP contribution in [0.5, 0.6) is 0 Å². The fourth-order valence-corrected chi connectivity index (χ4v) is 2.73. The molecule has 1 saturated carbocycles. The number of aromatic nitrogens is 2. The molecule has 3 rings (SSSR count). The number of rotatable bonds is 4. The third-order valence-corrected chi connectivity index (χ3v) is 4.01. The molecule has 0 N–H and O–H groups in total. The first-order chi connectivity index (χ1) is 8.40. The highest BCUT2D eigenvalue weighted by molar-refractivity contribution is 4.91. The molecule has 1 saturated heterocycles. The van der Waals surface area contributed by atoms with Gasteiger partial charge in [0.05, 0.1) is 0 Å². The maximum atomic E-state index is 4.33. The second-order valence-electron chi connectivity index (χ2n) is 5.56. The Hall–Kier alpha value is -0.960. The number of likely N-dealkylation sites (tertiary alicyclic amines) is 1. The minimum absolute atomic E-state index is 0.799. The van der Waals surface area contributed by atoms with Crippen molar-refractivity contribution in [3.63, 3.8) is 0 Å². The highest BCUT2D eigenvalue weighted by Gasteiger charge is 2.27. The van der Waals surface area contributed by atoms with E-state index in [2.05, 4.69) is 14.9 Å². The van der Waals surface area contributed by atoms with Gasteiger partial charge in [0.25, 0.3) is 0 Å². The maximum absolute atomic E-state index is 4.33. The first kappa shape index (κ1) is 11.1. The quantitative estimate of drug-likeness (QED) is 0.795. The predicted molar refractivity (Wildman–Crippen MR) is 67.6 cm³/mol. The van der Waals surface area contributed by atoms with Gasteiger partial charge < -0.3 is 4.90 Å². The minimum Gasteiger partial charge on any atom is -0.303 e. The van der Waals surface area contributed by atoms with E-state index in [1.807, 2.05) is 18.5 Å². The summed E-state index contributed by atoms with van der Waals surface area (Å²) in [6, 6.07) is 1.89. The van der Waals surface area contributed by atoms with E-state index in [0.717, 1.165) is 24.1 Å². The monoisotopic (exact) mass is 231 g/mol. The summed E-state index contributed by atoms with van der Waals surface area (Å²) in [6.45, 7) is 3.93. The normalized spacial score (nSPS) is 22.8. The lowest BCUT2D eigenvalue weighted by molar-refractivity contribution is 0.176. The van der Waals surface area contributed by atoms with Crippen molar-refractivity contribution in [3.05, 3.63) is 24.3 Å². The Morgan fingerprint density at radius 2 is 1.71 bits per heavy atom. The molecule has 1 aliphatic heterocycles. The lowest BCUT2D eigenvalue weighted by Crippen LogP contribution is -2.35. The van der Waals surface area contributed by atoms with E-state index in [0.29, 0.717) is 0 Å². The van der Waals surface area contributed by atoms with Crippen LogP contribution in [0.3, 0.4) is 0 Å². The molecule has 3 heteroatoms. The number of hydrogen-bond donors (Lipinski definition) is 0. The molecule has 0 atom stereocenters. The van der Waals surface area contributed by atoms with E-state index in [9.17, 15) is 0 Å². The van der Waals surface area contributed by atoms with E-state index in [-0.39, 0.29) is 0 Å². The van der Waals surface area contributed by atoms with Crippen LogP contribution in [0.4, 0.5) is 0 Å². The standard InChI is InChI=1S/C14H21N3/c1-6-15-14(16-7-1)10-12-4-8-17(9-5-12)11-13-2-3-13/h1,6-7,12-13H,2-5,8-11H2. The summed E-state index contributed by atoms with van der Waals surface area (Å²) in [5, 5.41) is 0. The average molecular weight is 231 g/mol. The van der Waals surface area contributed by atoms with E-state index in [1.165, 1.54) is 45.3 Å². The fraction of sp³-hybridized carbons (Fsp3) is 0.714. The average Bonchev–Trinajstić information content (AvgIpc) is 3.17. The third kappa shape index (κ3) is 3.25. The van der Waals surface area contributed by atoms with Crippen LogP contribution in [0.2, 0.25) is 0 Å². The van der Waals surface area contributed by atoms with Crippen molar-refractivity contribution < 1.29 is 0 Å². The first-order valence-corrected chi connectivity index (χ1v) is 6.88. The molecule has 3 nitrogen and oxygen atoms in total. The smallest absolute Gasteiger partial charge is 0.128 e. The van der Waals surface area contributed by atoms with E-state index in [1.54, 1.807) is 0 Å². The zero-order chi connectivity index (χ0) is 11.5. The molecule has 17 heavy (non-hydrogen) atoms. The van der Waals surface area contributed by atoms with Crippen molar-refractivity contribution in [2.45, 2.75) is 32.1 Å². The van der Waals surface area contributed by atoms with Gasteiger partial charge in [0.2, 0.25) is 0 Å². The summed E-state index contributed by atoms with van der Waals surface area (Å²) in [4.78, 5) is 11.3. The van der Waals surface area contributed by atoms with Crippen molar-refractivity contribution >= 4 is 0 Å². The second kappa shape index (κ2) is 5.13. The van der Waals surface area contributed by atoms with E-state index < -0.39 is 0 Å². The van der Waals surface area contributed by atoms with E-state index in [4.69, 9.17) is 0 Å². The highest BCUT2D eigenvalue weighted by atomic mass is 15.1. The van der Waals surface area contributed by atoms with Gasteiger partial charge in [-0.05, 0) is 56.7 Å². The van der Waals surface area contributed by atoms with Crippen molar-refractivity contribution in [2.75, 3.05) is 19.6 Å². The Bertz CT molecular complexity index is 340. The fourth-order valence-electron chi connectivity index (χ4n) is 2.73. The summed E-state index contributed by atoms with van der Waals surface area (Å²) >= 11 is 0. The van der Waals surface area contributed by atoms with Crippen LogP contribution in [0.1, 0.15) is 31.5 Å². The highest BCUT2D eigenvalue weighted by Crippen LogP contribution is 2.31. The molecule has 2 aliphatic rings. The summed E-state index contributed by atoms with van der Waals surface area (Å²) in [7, 11) is 0. The van der Waals surface area contributed by atoms with Gasteiger partial charge in [0, 0.05) is 25.4 Å². The van der Waals surface area contributed by atoms with Crippen LogP contribution in [0.15, 0.2) is 18.5 Å². The first-order valence-electron chi connectivity index (χ1n) is 6.88. The molecular weight excluding hydrogens is 210 g/mol. The molecule has 0 amide bonds. The van der Waals surface area contributed by atoms with Crippen molar-refractivity contribution in [3.8, 4) is 0 Å². The van der Waals surface area contributed by atoms with Crippen LogP contribution in [-0.4, -0.2) is 34.5 Å². The Morgan fingerprint density at radius 1 is 1.00 bits per heavy atom. The molecule has 1 aliphatic carbocycles. The SMILES string of the molecule is c1cnc(CC2CCN(CC3CC3)CC2)nc1. The van der Waals surface area contributed by atoms with Crippen LogP contribution in [0.25, 0.3) is 0 Å². The van der Waals surface area contributed by atoms with Gasteiger partial charge in [-0.15, -0.1) is 0 Å².